The van der Waals surface area contributed by atoms with Crippen molar-refractivity contribution in [1.29, 1.82) is 0 Å². The predicted octanol–water partition coefficient (Wildman–Crippen LogP) is 3.08. The summed E-state index contributed by atoms with van der Waals surface area (Å²) in [4.78, 5) is 13.2. The molecule has 33 heavy (non-hydrogen) atoms. The van der Waals surface area contributed by atoms with E-state index < -0.39 is 29.6 Å². The van der Waals surface area contributed by atoms with Gasteiger partial charge in [-0.1, -0.05) is 36.4 Å². The van der Waals surface area contributed by atoms with E-state index in [1.807, 2.05) is 49.4 Å². The van der Waals surface area contributed by atoms with Crippen LogP contribution >= 0.6 is 0 Å². The fraction of sp³-hybridized carbons (Fsp3) is 0.269. The van der Waals surface area contributed by atoms with Gasteiger partial charge in [-0.3, -0.25) is 4.79 Å². The van der Waals surface area contributed by atoms with Gasteiger partial charge in [0.2, 0.25) is 0 Å². The van der Waals surface area contributed by atoms with E-state index in [0.29, 0.717) is 6.54 Å². The first kappa shape index (κ1) is 17.1. The number of amides is 1. The second kappa shape index (κ2) is 4.77. The van der Waals surface area contributed by atoms with Gasteiger partial charge in [-0.2, -0.15) is 0 Å². The number of hydrogen-bond acceptors (Lipinski definition) is 4. The first-order valence-corrected chi connectivity index (χ1v) is 11.4. The zero-order valence-electron chi connectivity index (χ0n) is 17.7. The topological polar surface area (TPSA) is 88.7 Å². The molecule has 5 atom stereocenters. The van der Waals surface area contributed by atoms with Gasteiger partial charge in [0.15, 0.2) is 5.72 Å². The summed E-state index contributed by atoms with van der Waals surface area (Å²) in [7, 11) is 0. The van der Waals surface area contributed by atoms with E-state index in [1.54, 1.807) is 0 Å². The summed E-state index contributed by atoms with van der Waals surface area (Å²) in [6.07, 6.45) is -1.43. The Kier molecular flexibility index (Phi) is 2.48. The van der Waals surface area contributed by atoms with E-state index in [1.165, 1.54) is 0 Å². The maximum absolute atomic E-state index is 13.2. The smallest absolute Gasteiger partial charge is 0.252 e. The molecule has 1 amide bonds. The van der Waals surface area contributed by atoms with Crippen LogP contribution < -0.4 is 5.32 Å². The largest absolute Gasteiger partial charge is 0.389 e. The normalized spacial score (nSPS) is 33.3. The van der Waals surface area contributed by atoms with Crippen molar-refractivity contribution in [3.8, 4) is 0 Å². The van der Waals surface area contributed by atoms with Crippen LogP contribution in [0.3, 0.4) is 0 Å². The lowest BCUT2D eigenvalue weighted by Crippen LogP contribution is -2.46. The van der Waals surface area contributed by atoms with Crippen LogP contribution in [0.4, 0.5) is 0 Å². The van der Waals surface area contributed by atoms with E-state index in [0.717, 1.165) is 54.7 Å². The molecule has 0 radical (unpaired) electrons. The predicted molar refractivity (Wildman–Crippen MR) is 122 cm³/mol. The summed E-state index contributed by atoms with van der Waals surface area (Å²) in [5.41, 5.74) is 2.93. The Labute approximate surface area is 186 Å². The lowest BCUT2D eigenvalue weighted by molar-refractivity contribution is -0.189. The molecule has 5 aromatic rings. The molecule has 4 aliphatic rings. The van der Waals surface area contributed by atoms with Gasteiger partial charge in [0, 0.05) is 28.1 Å². The number of rotatable bonds is 0. The van der Waals surface area contributed by atoms with Crippen LogP contribution in [0.5, 0.6) is 0 Å². The fourth-order valence-corrected chi connectivity index (χ4v) is 7.37. The summed E-state index contributed by atoms with van der Waals surface area (Å²) >= 11 is 0. The minimum atomic E-state index is -1.39. The van der Waals surface area contributed by atoms with Crippen LogP contribution in [0.1, 0.15) is 29.1 Å². The number of nitrogens with one attached hydrogen (secondary N) is 1. The molecule has 5 heterocycles. The van der Waals surface area contributed by atoms with Gasteiger partial charge in [0.1, 0.15) is 11.8 Å². The second-order valence-corrected chi connectivity index (χ2v) is 10.0. The summed E-state index contributed by atoms with van der Waals surface area (Å²) in [5.74, 6) is -0.510. The van der Waals surface area contributed by atoms with Crippen LogP contribution in [0.25, 0.3) is 43.6 Å². The average molecular weight is 437 g/mol. The van der Waals surface area contributed by atoms with Gasteiger partial charge >= 0.3 is 0 Å². The number of hydrogen-bond donors (Lipinski definition) is 3. The Morgan fingerprint density at radius 3 is 2.52 bits per heavy atom. The van der Waals surface area contributed by atoms with Crippen LogP contribution in [-0.4, -0.2) is 37.0 Å². The van der Waals surface area contributed by atoms with Gasteiger partial charge in [0.25, 0.3) is 5.91 Å². The zero-order valence-corrected chi connectivity index (χ0v) is 17.7. The van der Waals surface area contributed by atoms with Crippen molar-refractivity contribution in [2.24, 2.45) is 5.92 Å². The summed E-state index contributed by atoms with van der Waals surface area (Å²) in [5, 5.41) is 29.8. The quantitative estimate of drug-likeness (QED) is 0.347. The van der Waals surface area contributed by atoms with Crippen molar-refractivity contribution in [3.05, 3.63) is 59.7 Å². The molecule has 2 unspecified atom stereocenters. The lowest BCUT2D eigenvalue weighted by atomic mass is 9.96. The third kappa shape index (κ3) is 1.46. The van der Waals surface area contributed by atoms with Crippen LogP contribution in [0.2, 0.25) is 0 Å². The molecule has 2 fully saturated rings. The highest BCUT2D eigenvalue weighted by Crippen LogP contribution is 2.69. The number of fused-ring (bicyclic) bond motifs is 11. The number of aromatic nitrogens is 2. The minimum absolute atomic E-state index is 0.0591. The Hall–Kier alpha value is -3.39. The number of nitrogens with zero attached hydrogens (tertiary/aromatic N) is 2. The number of aliphatic hydroxyl groups excluding tert-OH is 1. The molecule has 2 aromatic heterocycles. The highest BCUT2D eigenvalue weighted by Gasteiger charge is 2.83. The van der Waals surface area contributed by atoms with Crippen LogP contribution in [0.15, 0.2) is 48.5 Å². The monoisotopic (exact) mass is 437 g/mol. The Balaban J connectivity index is 1.69. The molecule has 9 rings (SSSR count). The number of aliphatic hydroxyl groups is 2. The third-order valence-corrected chi connectivity index (χ3v) is 8.79. The van der Waals surface area contributed by atoms with E-state index in [2.05, 4.69) is 20.5 Å². The summed E-state index contributed by atoms with van der Waals surface area (Å²) in [6, 6.07) is 16.1. The lowest BCUT2D eigenvalue weighted by Gasteiger charge is -2.34. The number of carbonyl (C=O) groups excluding carboxylic acids is 1. The number of ether oxygens (including phenoxy) is 1. The standard InChI is InChI=1S/C26H19N3O4/c1-25-26(32)19(22(26)30)24(33-25)28-14-8-4-2-6-11(14)17-18-13(10-27-23(18)31)16-12-7-3-5-9-15(12)29(25)21(16)20(17)28/h2-9,19,22,24,30,32H,10H2,1H3,(H,27,31)/t19?,22?,24-,25+,26+/m1/s1. The van der Waals surface area contributed by atoms with Crippen molar-refractivity contribution in [1.82, 2.24) is 14.5 Å². The fourth-order valence-electron chi connectivity index (χ4n) is 7.37. The van der Waals surface area contributed by atoms with Crippen molar-refractivity contribution >= 4 is 49.5 Å². The zero-order chi connectivity index (χ0) is 22.0. The molecule has 7 nitrogen and oxygen atoms in total. The number of benzene rings is 3. The molecule has 2 bridgehead atoms. The molecule has 3 aromatic carbocycles. The van der Waals surface area contributed by atoms with Crippen molar-refractivity contribution < 1.29 is 19.7 Å². The van der Waals surface area contributed by atoms with Gasteiger partial charge in [-0.15, -0.1) is 0 Å². The van der Waals surface area contributed by atoms with E-state index in [9.17, 15) is 15.0 Å². The summed E-state index contributed by atoms with van der Waals surface area (Å²) in [6.45, 7) is 2.35. The first-order chi connectivity index (χ1) is 16.0. The molecule has 1 aliphatic carbocycles. The van der Waals surface area contributed by atoms with Crippen molar-refractivity contribution in [2.45, 2.75) is 37.1 Å². The molecule has 0 spiro atoms. The third-order valence-electron chi connectivity index (χ3n) is 8.79. The Morgan fingerprint density at radius 2 is 1.73 bits per heavy atom. The van der Waals surface area contributed by atoms with E-state index in [4.69, 9.17) is 4.74 Å². The Morgan fingerprint density at radius 1 is 1.03 bits per heavy atom. The van der Waals surface area contributed by atoms with Crippen molar-refractivity contribution in [3.63, 3.8) is 0 Å². The maximum Gasteiger partial charge on any atom is 0.252 e. The molecular weight excluding hydrogens is 418 g/mol. The van der Waals surface area contributed by atoms with Crippen molar-refractivity contribution in [2.75, 3.05) is 0 Å². The Bertz CT molecular complexity index is 1800. The first-order valence-electron chi connectivity index (χ1n) is 11.4. The maximum atomic E-state index is 13.2. The van der Waals surface area contributed by atoms with Gasteiger partial charge in [0.05, 0.1) is 39.7 Å². The molecule has 7 heteroatoms. The molecule has 1 saturated carbocycles. The molecule has 3 N–H and O–H groups in total. The molecule has 162 valence electrons. The summed E-state index contributed by atoms with van der Waals surface area (Å²) < 4.78 is 10.9. The molecular formula is C26H19N3O4. The highest BCUT2D eigenvalue weighted by molar-refractivity contribution is 6.31. The second-order valence-electron chi connectivity index (χ2n) is 10.0. The van der Waals surface area contributed by atoms with E-state index >= 15 is 0 Å². The van der Waals surface area contributed by atoms with Gasteiger partial charge in [-0.05, 0) is 24.6 Å². The molecule has 1 saturated heterocycles. The minimum Gasteiger partial charge on any atom is -0.389 e. The van der Waals surface area contributed by atoms with Crippen LogP contribution in [0, 0.1) is 5.92 Å². The highest BCUT2D eigenvalue weighted by atomic mass is 16.6. The number of carbonyl (C=O) groups is 1. The average Bonchev–Trinajstić information content (AvgIpc) is 3.21. The molecule has 3 aliphatic heterocycles. The van der Waals surface area contributed by atoms with Crippen LogP contribution in [-0.2, 0) is 17.0 Å². The number of para-hydroxylation sites is 2. The van der Waals surface area contributed by atoms with Gasteiger partial charge < -0.3 is 29.4 Å². The van der Waals surface area contributed by atoms with Gasteiger partial charge in [-0.25, -0.2) is 0 Å². The van der Waals surface area contributed by atoms with E-state index in [-0.39, 0.29) is 5.91 Å². The SMILES string of the molecule is C[C@]12O[C@H](C3C(O)[C@@]31O)n1c3ccccc3c3c4c(c5c6ccccc6n2c5c31)CNC4=O.